The van der Waals surface area contributed by atoms with E-state index in [0.29, 0.717) is 6.42 Å². The van der Waals surface area contributed by atoms with Crippen LogP contribution in [0.15, 0.2) is 30.3 Å². The molecule has 1 fully saturated rings. The molecule has 1 saturated carbocycles. The summed E-state index contributed by atoms with van der Waals surface area (Å²) in [6.07, 6.45) is -0.383. The van der Waals surface area contributed by atoms with E-state index in [0.717, 1.165) is 5.56 Å². The molecule has 0 heterocycles. The number of nitrogens with one attached hydrogen (secondary N) is 1. The normalized spacial score (nSPS) is 21.9. The predicted octanol–water partition coefficient (Wildman–Crippen LogP) is 1.41. The van der Waals surface area contributed by atoms with Gasteiger partial charge in [-0.15, -0.1) is 0 Å². The molecule has 124 valence electrons. The van der Waals surface area contributed by atoms with Gasteiger partial charge in [-0.05, 0) is 12.0 Å². The predicted molar refractivity (Wildman–Crippen MR) is 79.2 cm³/mol. The minimum absolute atomic E-state index is 0.0323. The number of amides is 1. The number of benzene rings is 1. The Hall–Kier alpha value is -2.57. The third-order valence-electron chi connectivity index (χ3n) is 3.83. The highest BCUT2D eigenvalue weighted by Gasteiger charge is 2.63. The summed E-state index contributed by atoms with van der Waals surface area (Å²) in [5.74, 6) is -1.39. The maximum Gasteiger partial charge on any atom is 0.408 e. The minimum Gasteiger partial charge on any atom is -0.469 e. The van der Waals surface area contributed by atoms with Crippen LogP contribution in [-0.4, -0.2) is 37.8 Å². The van der Waals surface area contributed by atoms with Gasteiger partial charge in [-0.2, -0.15) is 0 Å². The summed E-state index contributed by atoms with van der Waals surface area (Å²) >= 11 is 0. The first-order valence-electron chi connectivity index (χ1n) is 7.16. The van der Waals surface area contributed by atoms with Crippen molar-refractivity contribution in [3.8, 4) is 0 Å². The Morgan fingerprint density at radius 2 is 1.87 bits per heavy atom. The molecule has 1 amide bonds. The smallest absolute Gasteiger partial charge is 0.408 e. The zero-order valence-electron chi connectivity index (χ0n) is 13.0. The Morgan fingerprint density at radius 1 is 1.17 bits per heavy atom. The number of esters is 2. The maximum absolute atomic E-state index is 11.9. The fourth-order valence-corrected chi connectivity index (χ4v) is 2.44. The van der Waals surface area contributed by atoms with Crippen LogP contribution in [0.2, 0.25) is 0 Å². The van der Waals surface area contributed by atoms with Crippen molar-refractivity contribution in [3.63, 3.8) is 0 Å². The summed E-state index contributed by atoms with van der Waals surface area (Å²) in [6.45, 7) is 0.0889. The molecule has 0 saturated heterocycles. The average molecular weight is 321 g/mol. The van der Waals surface area contributed by atoms with Crippen molar-refractivity contribution >= 4 is 18.0 Å². The Labute approximate surface area is 133 Å². The molecule has 2 atom stereocenters. The summed E-state index contributed by atoms with van der Waals surface area (Å²) in [6, 6.07) is 9.16. The Kier molecular flexibility index (Phi) is 5.20. The second kappa shape index (κ2) is 7.13. The molecule has 2 rings (SSSR count). The van der Waals surface area contributed by atoms with Crippen LogP contribution < -0.4 is 5.32 Å². The number of rotatable bonds is 6. The molecular formula is C16H19NO6. The SMILES string of the molecule is COC(=O)C[C@@H]1C[C@@]1(NC(=O)OCc1ccccc1)C(=O)OC. The lowest BCUT2D eigenvalue weighted by molar-refractivity contribution is -0.145. The number of hydrogen-bond acceptors (Lipinski definition) is 6. The van der Waals surface area contributed by atoms with Crippen LogP contribution in [0.5, 0.6) is 0 Å². The molecule has 7 heteroatoms. The first-order valence-corrected chi connectivity index (χ1v) is 7.16. The minimum atomic E-state index is -1.21. The molecule has 7 nitrogen and oxygen atoms in total. The van der Waals surface area contributed by atoms with E-state index in [4.69, 9.17) is 9.47 Å². The number of hydrogen-bond donors (Lipinski definition) is 1. The average Bonchev–Trinajstić information content (AvgIpc) is 3.26. The van der Waals surface area contributed by atoms with E-state index in [9.17, 15) is 14.4 Å². The zero-order valence-corrected chi connectivity index (χ0v) is 13.0. The topological polar surface area (TPSA) is 90.9 Å². The van der Waals surface area contributed by atoms with Crippen molar-refractivity contribution in [2.24, 2.45) is 5.92 Å². The Balaban J connectivity index is 1.92. The number of alkyl carbamates (subject to hydrolysis) is 1. The molecule has 0 bridgehead atoms. The van der Waals surface area contributed by atoms with Crippen LogP contribution in [0, 0.1) is 5.92 Å². The summed E-state index contributed by atoms with van der Waals surface area (Å²) in [4.78, 5) is 35.2. The van der Waals surface area contributed by atoms with Gasteiger partial charge in [-0.1, -0.05) is 30.3 Å². The van der Waals surface area contributed by atoms with Crippen molar-refractivity contribution in [3.05, 3.63) is 35.9 Å². The molecule has 1 N–H and O–H groups in total. The molecule has 0 radical (unpaired) electrons. The van der Waals surface area contributed by atoms with Gasteiger partial charge >= 0.3 is 18.0 Å². The van der Waals surface area contributed by atoms with E-state index in [1.54, 1.807) is 0 Å². The molecule has 0 aromatic heterocycles. The van der Waals surface area contributed by atoms with E-state index in [-0.39, 0.29) is 18.9 Å². The van der Waals surface area contributed by atoms with Gasteiger partial charge in [0.05, 0.1) is 20.6 Å². The van der Waals surface area contributed by atoms with E-state index < -0.39 is 23.6 Å². The zero-order chi connectivity index (χ0) is 16.9. The second-order valence-electron chi connectivity index (χ2n) is 5.33. The number of ether oxygens (including phenoxy) is 3. The second-order valence-corrected chi connectivity index (χ2v) is 5.33. The van der Waals surface area contributed by atoms with Crippen molar-refractivity contribution in [2.75, 3.05) is 14.2 Å². The van der Waals surface area contributed by atoms with Gasteiger partial charge in [0, 0.05) is 5.92 Å². The first kappa shape index (κ1) is 16.8. The third kappa shape index (κ3) is 4.00. The van der Waals surface area contributed by atoms with Gasteiger partial charge in [-0.3, -0.25) is 4.79 Å². The van der Waals surface area contributed by atoms with Gasteiger partial charge in [0.1, 0.15) is 12.1 Å². The summed E-state index contributed by atoms with van der Waals surface area (Å²) in [5, 5.41) is 2.52. The molecule has 0 aliphatic heterocycles. The Bertz CT molecular complexity index is 587. The van der Waals surface area contributed by atoms with Gasteiger partial charge in [0.15, 0.2) is 0 Å². The molecule has 1 aromatic carbocycles. The molecule has 1 aliphatic rings. The highest BCUT2D eigenvalue weighted by Crippen LogP contribution is 2.47. The van der Waals surface area contributed by atoms with Crippen LogP contribution in [0.1, 0.15) is 18.4 Å². The fraction of sp³-hybridized carbons (Fsp3) is 0.438. The lowest BCUT2D eigenvalue weighted by Crippen LogP contribution is -2.46. The van der Waals surface area contributed by atoms with E-state index in [1.165, 1.54) is 14.2 Å². The Morgan fingerprint density at radius 3 is 2.48 bits per heavy atom. The van der Waals surface area contributed by atoms with Gasteiger partial charge in [0.2, 0.25) is 0 Å². The molecule has 0 unspecified atom stereocenters. The number of methoxy groups -OCH3 is 2. The van der Waals surface area contributed by atoms with Gasteiger partial charge in [-0.25, -0.2) is 9.59 Å². The lowest BCUT2D eigenvalue weighted by atomic mass is 10.1. The monoisotopic (exact) mass is 321 g/mol. The quantitative estimate of drug-likeness (QED) is 0.629. The maximum atomic E-state index is 11.9. The summed E-state index contributed by atoms with van der Waals surface area (Å²) in [5.41, 5.74) is -0.381. The van der Waals surface area contributed by atoms with Crippen molar-refractivity contribution in [1.29, 1.82) is 0 Å². The van der Waals surface area contributed by atoms with Gasteiger partial charge in [0.25, 0.3) is 0 Å². The van der Waals surface area contributed by atoms with Crippen LogP contribution in [0.25, 0.3) is 0 Å². The van der Waals surface area contributed by atoms with Crippen molar-refractivity contribution < 1.29 is 28.6 Å². The number of carbonyl (C=O) groups is 3. The number of carbonyl (C=O) groups excluding carboxylic acids is 3. The molecule has 23 heavy (non-hydrogen) atoms. The molecule has 1 aromatic rings. The molecular weight excluding hydrogens is 302 g/mol. The summed E-state index contributed by atoms with van der Waals surface area (Å²) < 4.78 is 14.4. The van der Waals surface area contributed by atoms with Crippen LogP contribution in [0.3, 0.4) is 0 Å². The standard InChI is InChI=1S/C16H19NO6/c1-21-13(18)8-12-9-16(12,14(19)22-2)17-15(20)23-10-11-6-4-3-5-7-11/h3-7,12H,8-10H2,1-2H3,(H,17,20)/t12-,16+/m1/s1. The lowest BCUT2D eigenvalue weighted by Gasteiger charge is -2.17. The fourth-order valence-electron chi connectivity index (χ4n) is 2.44. The van der Waals surface area contributed by atoms with Crippen molar-refractivity contribution in [1.82, 2.24) is 5.32 Å². The summed E-state index contributed by atoms with van der Waals surface area (Å²) in [7, 11) is 2.50. The van der Waals surface area contributed by atoms with E-state index in [2.05, 4.69) is 10.1 Å². The first-order chi connectivity index (χ1) is 11.0. The highest BCUT2D eigenvalue weighted by atomic mass is 16.6. The third-order valence-corrected chi connectivity index (χ3v) is 3.83. The van der Waals surface area contributed by atoms with E-state index in [1.807, 2.05) is 30.3 Å². The van der Waals surface area contributed by atoms with Crippen LogP contribution >= 0.6 is 0 Å². The highest BCUT2D eigenvalue weighted by molar-refractivity contribution is 5.90. The largest absolute Gasteiger partial charge is 0.469 e. The van der Waals surface area contributed by atoms with E-state index >= 15 is 0 Å². The molecule has 1 aliphatic carbocycles. The van der Waals surface area contributed by atoms with Crippen molar-refractivity contribution in [2.45, 2.75) is 25.0 Å². The van der Waals surface area contributed by atoms with Gasteiger partial charge < -0.3 is 19.5 Å². The molecule has 0 spiro atoms. The van der Waals surface area contributed by atoms with Crippen LogP contribution in [-0.2, 0) is 30.4 Å². The van der Waals surface area contributed by atoms with Crippen LogP contribution in [0.4, 0.5) is 4.79 Å².